The van der Waals surface area contributed by atoms with Crippen molar-refractivity contribution in [2.24, 2.45) is 0 Å². The van der Waals surface area contributed by atoms with Crippen LogP contribution in [0.15, 0.2) is 30.9 Å². The highest BCUT2D eigenvalue weighted by molar-refractivity contribution is 5.75. The number of carbonyl (C=O) groups excluding carboxylic acids is 1. The van der Waals surface area contributed by atoms with Gasteiger partial charge in [-0.15, -0.1) is 5.10 Å². The Morgan fingerprint density at radius 3 is 2.81 bits per heavy atom. The van der Waals surface area contributed by atoms with Gasteiger partial charge in [0.15, 0.2) is 5.65 Å². The van der Waals surface area contributed by atoms with E-state index < -0.39 is 0 Å². The van der Waals surface area contributed by atoms with Gasteiger partial charge in [0.2, 0.25) is 0 Å². The van der Waals surface area contributed by atoms with E-state index in [1.54, 1.807) is 15.4 Å². The lowest BCUT2D eigenvalue weighted by atomic mass is 10.3. The average Bonchev–Trinajstić information content (AvgIpc) is 3.36. The summed E-state index contributed by atoms with van der Waals surface area (Å²) in [6, 6.07) is 3.65. The summed E-state index contributed by atoms with van der Waals surface area (Å²) in [5.74, 6) is 1.66. The van der Waals surface area contributed by atoms with E-state index in [9.17, 15) is 4.79 Å². The molecule has 1 fully saturated rings. The lowest BCUT2D eigenvalue weighted by Crippen LogP contribution is -2.52. The average molecular weight is 369 g/mol. The van der Waals surface area contributed by atoms with Crippen LogP contribution in [0.5, 0.6) is 0 Å². The summed E-state index contributed by atoms with van der Waals surface area (Å²) < 4.78 is 3.56. The number of hydrogen-bond acceptors (Lipinski definition) is 6. The van der Waals surface area contributed by atoms with E-state index >= 15 is 0 Å². The van der Waals surface area contributed by atoms with Gasteiger partial charge in [-0.25, -0.2) is 24.0 Å². The minimum Gasteiger partial charge on any atom is -0.352 e. The van der Waals surface area contributed by atoms with Gasteiger partial charge in [0.25, 0.3) is 0 Å². The van der Waals surface area contributed by atoms with E-state index in [0.29, 0.717) is 13.1 Å². The fourth-order valence-corrected chi connectivity index (χ4v) is 3.31. The molecule has 10 heteroatoms. The molecule has 2 amide bonds. The number of hydrogen-bond donors (Lipinski definition) is 1. The predicted molar refractivity (Wildman–Crippen MR) is 99.4 cm³/mol. The second kappa shape index (κ2) is 7.22. The van der Waals surface area contributed by atoms with Crippen molar-refractivity contribution >= 4 is 17.5 Å². The molecule has 27 heavy (non-hydrogen) atoms. The molecule has 0 saturated carbocycles. The second-order valence-corrected chi connectivity index (χ2v) is 6.50. The Balaban J connectivity index is 1.35. The standard InChI is InChI=1S/C17H23N9O/c1-3-25-16(19-12-20-25)13(2)21-17(27)24-10-8-23(9-11-24)15-5-4-14-18-6-7-26(14)22-15/h4-7,12-13H,3,8-11H2,1-2H3,(H,21,27)/t13-/m0/s1. The smallest absolute Gasteiger partial charge is 0.318 e. The molecule has 142 valence electrons. The molecule has 3 aromatic heterocycles. The molecule has 0 radical (unpaired) electrons. The van der Waals surface area contributed by atoms with Crippen LogP contribution in [-0.2, 0) is 6.54 Å². The van der Waals surface area contributed by atoms with Gasteiger partial charge in [-0.1, -0.05) is 0 Å². The van der Waals surface area contributed by atoms with Crippen molar-refractivity contribution in [2.45, 2.75) is 26.4 Å². The molecule has 0 bridgehead atoms. The molecule has 0 aliphatic carbocycles. The summed E-state index contributed by atoms with van der Waals surface area (Å²) >= 11 is 0. The number of piperazine rings is 1. The molecular weight excluding hydrogens is 346 g/mol. The van der Waals surface area contributed by atoms with Crippen molar-refractivity contribution in [2.75, 3.05) is 31.1 Å². The molecular formula is C17H23N9O. The van der Waals surface area contributed by atoms with Crippen LogP contribution in [0.25, 0.3) is 5.65 Å². The Hall–Kier alpha value is -3.17. The lowest BCUT2D eigenvalue weighted by Gasteiger charge is -2.35. The van der Waals surface area contributed by atoms with E-state index in [1.165, 1.54) is 6.33 Å². The van der Waals surface area contributed by atoms with E-state index in [0.717, 1.165) is 36.9 Å². The number of nitrogens with one attached hydrogen (secondary N) is 1. The van der Waals surface area contributed by atoms with Crippen LogP contribution in [0.4, 0.5) is 10.6 Å². The number of fused-ring (bicyclic) bond motifs is 1. The van der Waals surface area contributed by atoms with Crippen LogP contribution in [0.3, 0.4) is 0 Å². The summed E-state index contributed by atoms with van der Waals surface area (Å²) in [6.45, 7) is 7.41. The van der Waals surface area contributed by atoms with Gasteiger partial charge in [-0.3, -0.25) is 0 Å². The lowest BCUT2D eigenvalue weighted by molar-refractivity contribution is 0.190. The molecule has 4 rings (SSSR count). The van der Waals surface area contributed by atoms with Crippen LogP contribution in [-0.4, -0.2) is 66.5 Å². The highest BCUT2D eigenvalue weighted by Crippen LogP contribution is 2.15. The molecule has 1 aliphatic rings. The quantitative estimate of drug-likeness (QED) is 0.735. The van der Waals surface area contributed by atoms with Gasteiger partial charge in [-0.05, 0) is 26.0 Å². The zero-order valence-electron chi connectivity index (χ0n) is 15.5. The van der Waals surface area contributed by atoms with Crippen molar-refractivity contribution in [1.29, 1.82) is 0 Å². The zero-order chi connectivity index (χ0) is 18.8. The molecule has 1 atom stereocenters. The number of imidazole rings is 1. The van der Waals surface area contributed by atoms with Crippen molar-refractivity contribution < 1.29 is 4.79 Å². The number of carbonyl (C=O) groups is 1. The first kappa shape index (κ1) is 17.3. The zero-order valence-corrected chi connectivity index (χ0v) is 15.5. The van der Waals surface area contributed by atoms with Crippen LogP contribution in [0.2, 0.25) is 0 Å². The normalized spacial score (nSPS) is 15.9. The molecule has 0 aromatic carbocycles. The highest BCUT2D eigenvalue weighted by atomic mass is 16.2. The number of aromatic nitrogens is 6. The van der Waals surface area contributed by atoms with Gasteiger partial charge in [-0.2, -0.15) is 5.10 Å². The van der Waals surface area contributed by atoms with Crippen molar-refractivity contribution in [3.63, 3.8) is 0 Å². The SMILES string of the molecule is CCn1ncnc1[C@H](C)NC(=O)N1CCN(c2ccc3nccn3n2)CC1. The van der Waals surface area contributed by atoms with Crippen LogP contribution in [0.1, 0.15) is 25.7 Å². The Morgan fingerprint density at radius 1 is 1.22 bits per heavy atom. The Morgan fingerprint density at radius 2 is 2.04 bits per heavy atom. The largest absolute Gasteiger partial charge is 0.352 e. The summed E-state index contributed by atoms with van der Waals surface area (Å²) in [4.78, 5) is 25.1. The van der Waals surface area contributed by atoms with Crippen LogP contribution < -0.4 is 10.2 Å². The molecule has 3 aromatic rings. The third kappa shape index (κ3) is 3.42. The van der Waals surface area contributed by atoms with Crippen molar-refractivity contribution in [3.05, 3.63) is 36.7 Å². The molecule has 1 aliphatic heterocycles. The summed E-state index contributed by atoms with van der Waals surface area (Å²) in [5.41, 5.74) is 0.825. The van der Waals surface area contributed by atoms with Gasteiger partial charge in [0.05, 0.1) is 6.04 Å². The minimum atomic E-state index is -0.191. The van der Waals surface area contributed by atoms with Gasteiger partial charge in [0, 0.05) is 45.1 Å². The molecule has 0 unspecified atom stereocenters. The van der Waals surface area contributed by atoms with Gasteiger partial charge < -0.3 is 15.1 Å². The number of amides is 2. The van der Waals surface area contributed by atoms with Crippen molar-refractivity contribution in [1.82, 2.24) is 39.6 Å². The molecule has 1 N–H and O–H groups in total. The number of nitrogens with zero attached hydrogens (tertiary/aromatic N) is 8. The first-order chi connectivity index (χ1) is 13.2. The predicted octanol–water partition coefficient (Wildman–Crippen LogP) is 0.933. The van der Waals surface area contributed by atoms with E-state index in [2.05, 4.69) is 30.4 Å². The third-order valence-corrected chi connectivity index (χ3v) is 4.80. The van der Waals surface area contributed by atoms with Crippen molar-refractivity contribution in [3.8, 4) is 0 Å². The van der Waals surface area contributed by atoms with Crippen LogP contribution >= 0.6 is 0 Å². The van der Waals surface area contributed by atoms with Crippen LogP contribution in [0, 0.1) is 0 Å². The summed E-state index contributed by atoms with van der Waals surface area (Å²) in [6.07, 6.45) is 5.08. The Bertz CT molecular complexity index is 925. The van der Waals surface area contributed by atoms with E-state index in [-0.39, 0.29) is 12.1 Å². The fraction of sp³-hybridized carbons (Fsp3) is 0.471. The maximum atomic E-state index is 12.6. The first-order valence-electron chi connectivity index (χ1n) is 9.14. The summed E-state index contributed by atoms with van der Waals surface area (Å²) in [7, 11) is 0. The first-order valence-corrected chi connectivity index (χ1v) is 9.14. The minimum absolute atomic E-state index is 0.0779. The Labute approximate surface area is 156 Å². The number of urea groups is 1. The maximum absolute atomic E-state index is 12.6. The molecule has 0 spiro atoms. The summed E-state index contributed by atoms with van der Waals surface area (Å²) in [5, 5.41) is 11.7. The molecule has 1 saturated heterocycles. The maximum Gasteiger partial charge on any atom is 0.318 e. The number of anilines is 1. The number of rotatable bonds is 4. The van der Waals surface area contributed by atoms with Gasteiger partial charge in [0.1, 0.15) is 18.0 Å². The monoisotopic (exact) mass is 369 g/mol. The third-order valence-electron chi connectivity index (χ3n) is 4.80. The molecule has 4 heterocycles. The van der Waals surface area contributed by atoms with E-state index in [4.69, 9.17) is 0 Å². The second-order valence-electron chi connectivity index (χ2n) is 6.50. The van der Waals surface area contributed by atoms with Gasteiger partial charge >= 0.3 is 6.03 Å². The fourth-order valence-electron chi connectivity index (χ4n) is 3.31. The molecule has 10 nitrogen and oxygen atoms in total. The Kier molecular flexibility index (Phi) is 4.61. The topological polar surface area (TPSA) is 96.5 Å². The highest BCUT2D eigenvalue weighted by Gasteiger charge is 2.24. The van der Waals surface area contributed by atoms with E-state index in [1.807, 2.05) is 37.1 Å². The number of aryl methyl sites for hydroxylation is 1.